The molecule has 0 amide bonds. The van der Waals surface area contributed by atoms with E-state index in [0.29, 0.717) is 0 Å². The lowest BCUT2D eigenvalue weighted by molar-refractivity contribution is 0.969. The van der Waals surface area contributed by atoms with E-state index >= 15 is 0 Å². The molecule has 0 atom stereocenters. The van der Waals surface area contributed by atoms with Crippen LogP contribution in [0.15, 0.2) is 103 Å². The Labute approximate surface area is 150 Å². The van der Waals surface area contributed by atoms with E-state index < -0.39 is 7.92 Å². The molecule has 122 valence electrons. The Morgan fingerprint density at radius 1 is 0.560 bits per heavy atom. The predicted molar refractivity (Wildman–Crippen MR) is 110 cm³/mol. The summed E-state index contributed by atoms with van der Waals surface area (Å²) in [6.07, 6.45) is 0. The van der Waals surface area contributed by atoms with Crippen molar-refractivity contribution in [3.63, 3.8) is 0 Å². The van der Waals surface area contributed by atoms with Crippen LogP contribution in [-0.4, -0.2) is 4.57 Å². The van der Waals surface area contributed by atoms with Crippen molar-refractivity contribution in [3.05, 3.63) is 103 Å². The van der Waals surface area contributed by atoms with E-state index in [1.807, 2.05) is 0 Å². The third kappa shape index (κ3) is 3.16. The Balaban J connectivity index is 1.86. The average molecular weight is 341 g/mol. The van der Waals surface area contributed by atoms with Gasteiger partial charge in [-0.05, 0) is 28.3 Å². The smallest absolute Gasteiger partial charge is 0.0503 e. The van der Waals surface area contributed by atoms with Crippen LogP contribution in [0.5, 0.6) is 0 Å². The summed E-state index contributed by atoms with van der Waals surface area (Å²) in [5, 5.41) is 2.76. The van der Waals surface area contributed by atoms with Gasteiger partial charge in [-0.2, -0.15) is 0 Å². The Morgan fingerprint density at radius 3 is 1.56 bits per heavy atom. The van der Waals surface area contributed by atoms with Crippen molar-refractivity contribution in [2.45, 2.75) is 0 Å². The lowest BCUT2D eigenvalue weighted by atomic mass is 10.2. The first kappa shape index (κ1) is 15.9. The molecular formula is C23H20NP. The van der Waals surface area contributed by atoms with Crippen LogP contribution in [0.4, 0.5) is 0 Å². The summed E-state index contributed by atoms with van der Waals surface area (Å²) >= 11 is 0. The molecule has 3 aromatic carbocycles. The normalized spacial score (nSPS) is 11.0. The van der Waals surface area contributed by atoms with Crippen molar-refractivity contribution in [2.75, 3.05) is 0 Å². The van der Waals surface area contributed by atoms with Crippen molar-refractivity contribution in [1.82, 2.24) is 4.57 Å². The lowest BCUT2D eigenvalue weighted by Gasteiger charge is -2.20. The molecule has 4 aromatic rings. The molecule has 1 heterocycles. The van der Waals surface area contributed by atoms with Crippen LogP contribution in [0.1, 0.15) is 0 Å². The van der Waals surface area contributed by atoms with Gasteiger partial charge in [0, 0.05) is 20.7 Å². The van der Waals surface area contributed by atoms with Gasteiger partial charge in [0.15, 0.2) is 0 Å². The molecule has 25 heavy (non-hydrogen) atoms. The number of nitrogens with zero attached hydrogens (tertiary/aromatic N) is 1. The molecule has 0 aliphatic carbocycles. The maximum absolute atomic E-state index is 2.35. The number of hydrogen-bond acceptors (Lipinski definition) is 0. The minimum absolute atomic E-state index is 0.573. The summed E-state index contributed by atoms with van der Waals surface area (Å²) in [7, 11) is 1.61. The van der Waals surface area contributed by atoms with Crippen LogP contribution in [0.2, 0.25) is 0 Å². The summed E-state index contributed by atoms with van der Waals surface area (Å²) in [4.78, 5) is 0. The molecule has 0 N–H and O–H groups in total. The Hall–Kier alpha value is -2.63. The van der Waals surface area contributed by atoms with E-state index in [0.717, 1.165) is 0 Å². The van der Waals surface area contributed by atoms with Crippen LogP contribution in [0.25, 0.3) is 11.3 Å². The van der Waals surface area contributed by atoms with Gasteiger partial charge in [-0.25, -0.2) is 0 Å². The first-order valence-corrected chi connectivity index (χ1v) is 9.80. The Morgan fingerprint density at radius 2 is 1.04 bits per heavy atom. The molecule has 0 spiro atoms. The average Bonchev–Trinajstić information content (AvgIpc) is 3.06. The van der Waals surface area contributed by atoms with Gasteiger partial charge < -0.3 is 4.57 Å². The van der Waals surface area contributed by atoms with Gasteiger partial charge >= 0.3 is 0 Å². The fourth-order valence-electron chi connectivity index (χ4n) is 3.19. The van der Waals surface area contributed by atoms with E-state index in [2.05, 4.69) is 115 Å². The molecule has 0 saturated carbocycles. The molecule has 0 aliphatic heterocycles. The highest BCUT2D eigenvalue weighted by Crippen LogP contribution is 2.34. The summed E-state index contributed by atoms with van der Waals surface area (Å²) in [5.41, 5.74) is 3.88. The van der Waals surface area contributed by atoms with E-state index in [9.17, 15) is 0 Å². The summed E-state index contributed by atoms with van der Waals surface area (Å²) in [6, 6.07) is 36.8. The van der Waals surface area contributed by atoms with E-state index in [1.165, 1.54) is 27.3 Å². The largest absolute Gasteiger partial charge is 0.343 e. The minimum atomic E-state index is -0.573. The molecule has 0 radical (unpaired) electrons. The number of benzene rings is 3. The zero-order chi connectivity index (χ0) is 17.1. The quantitative estimate of drug-likeness (QED) is 0.483. The fraction of sp³-hybridized carbons (Fsp3) is 0.0435. The van der Waals surface area contributed by atoms with Crippen molar-refractivity contribution < 1.29 is 0 Å². The van der Waals surface area contributed by atoms with E-state index in [1.54, 1.807) is 0 Å². The zero-order valence-corrected chi connectivity index (χ0v) is 15.1. The van der Waals surface area contributed by atoms with Crippen molar-refractivity contribution in [1.29, 1.82) is 0 Å². The maximum Gasteiger partial charge on any atom is 0.0503 e. The van der Waals surface area contributed by atoms with Gasteiger partial charge in [0.25, 0.3) is 0 Å². The van der Waals surface area contributed by atoms with Crippen LogP contribution in [0, 0.1) is 0 Å². The second-order valence-corrected chi connectivity index (χ2v) is 8.17. The second kappa shape index (κ2) is 7.09. The zero-order valence-electron chi connectivity index (χ0n) is 14.2. The molecule has 0 unspecified atom stereocenters. The maximum atomic E-state index is 2.35. The molecule has 1 nitrogen and oxygen atoms in total. The molecule has 0 aliphatic rings. The number of aromatic nitrogens is 1. The third-order valence-corrected chi connectivity index (χ3v) is 6.96. The summed E-state index contributed by atoms with van der Waals surface area (Å²) < 4.78 is 2.35. The molecular weight excluding hydrogens is 321 g/mol. The van der Waals surface area contributed by atoms with Crippen molar-refractivity contribution in [2.24, 2.45) is 7.05 Å². The molecule has 4 rings (SSSR count). The predicted octanol–water partition coefficient (Wildman–Crippen LogP) is 4.45. The second-order valence-electron chi connectivity index (χ2n) is 6.01. The van der Waals surface area contributed by atoms with Gasteiger partial charge in [-0.1, -0.05) is 91.0 Å². The fourth-order valence-corrected chi connectivity index (χ4v) is 5.59. The monoisotopic (exact) mass is 341 g/mol. The van der Waals surface area contributed by atoms with Crippen LogP contribution in [-0.2, 0) is 7.05 Å². The molecule has 0 bridgehead atoms. The van der Waals surface area contributed by atoms with E-state index in [-0.39, 0.29) is 0 Å². The number of rotatable bonds is 4. The molecule has 2 heteroatoms. The van der Waals surface area contributed by atoms with Gasteiger partial charge in [0.05, 0.1) is 5.44 Å². The molecule has 0 fully saturated rings. The SMILES string of the molecule is Cn1c(-c2ccccc2)ccc1P(c1ccccc1)c1ccccc1. The van der Waals surface area contributed by atoms with Crippen molar-refractivity contribution in [3.8, 4) is 11.3 Å². The third-order valence-electron chi connectivity index (χ3n) is 4.42. The van der Waals surface area contributed by atoms with Crippen LogP contribution < -0.4 is 16.0 Å². The Kier molecular flexibility index (Phi) is 4.50. The standard InChI is InChI=1S/C23H20NP/c1-24-22(19-11-5-2-6-12-19)17-18-23(24)25(20-13-7-3-8-14-20)21-15-9-4-10-16-21/h2-18H,1H3. The van der Waals surface area contributed by atoms with Crippen LogP contribution in [0.3, 0.4) is 0 Å². The number of hydrogen-bond donors (Lipinski definition) is 0. The first-order valence-electron chi connectivity index (χ1n) is 8.46. The molecule has 1 aromatic heterocycles. The van der Waals surface area contributed by atoms with Gasteiger partial charge in [-0.3, -0.25) is 0 Å². The lowest BCUT2D eigenvalue weighted by Crippen LogP contribution is -2.25. The van der Waals surface area contributed by atoms with E-state index in [4.69, 9.17) is 0 Å². The van der Waals surface area contributed by atoms with Gasteiger partial charge in [0.2, 0.25) is 0 Å². The Bertz CT molecular complexity index is 904. The molecule has 0 saturated heterocycles. The first-order chi connectivity index (χ1) is 12.3. The summed E-state index contributed by atoms with van der Waals surface area (Å²) in [5.74, 6) is 0. The van der Waals surface area contributed by atoms with Gasteiger partial charge in [0.1, 0.15) is 0 Å². The highest BCUT2D eigenvalue weighted by Gasteiger charge is 2.20. The van der Waals surface area contributed by atoms with Crippen molar-refractivity contribution >= 4 is 24.0 Å². The van der Waals surface area contributed by atoms with Gasteiger partial charge in [-0.15, -0.1) is 0 Å². The highest BCUT2D eigenvalue weighted by atomic mass is 31.1. The van der Waals surface area contributed by atoms with Crippen LogP contribution >= 0.6 is 7.92 Å². The minimum Gasteiger partial charge on any atom is -0.343 e. The summed E-state index contributed by atoms with van der Waals surface area (Å²) in [6.45, 7) is 0. The topological polar surface area (TPSA) is 4.93 Å². The highest BCUT2D eigenvalue weighted by molar-refractivity contribution is 7.79.